The second-order valence-electron chi connectivity index (χ2n) is 10.9. The molecule has 2 aliphatic heterocycles. The molecule has 6 atom stereocenters. The number of fused-ring (bicyclic) bond motifs is 2. The van der Waals surface area contributed by atoms with Crippen LogP contribution >= 0.6 is 23.5 Å². The second-order valence-corrected chi connectivity index (χ2v) is 13.2. The minimum absolute atomic E-state index is 0. The SMILES string of the molecule is CC(O)CC(C)O.CC(O)CC(C)O.[Ir].[Pt].c1ccc(C2[CH-]c3ccccc3S2)nc1.c1ccc(C2[CH-]c3ccccc3S2)nc1. The molecule has 46 heavy (non-hydrogen) atoms. The maximum Gasteiger partial charge on any atom is 0.0536 e. The van der Waals surface area contributed by atoms with E-state index in [1.54, 1.807) is 27.7 Å². The molecule has 4 heterocycles. The molecule has 6 nitrogen and oxygen atoms in total. The Hall–Kier alpha value is -1.64. The number of hydrogen-bond acceptors (Lipinski definition) is 8. The van der Waals surface area contributed by atoms with E-state index in [1.165, 1.54) is 20.9 Å². The molecule has 4 aromatic rings. The van der Waals surface area contributed by atoms with Crippen molar-refractivity contribution in [3.8, 4) is 0 Å². The van der Waals surface area contributed by atoms with Gasteiger partial charge in [-0.05, 0) is 64.8 Å². The Kier molecular flexibility index (Phi) is 21.0. The number of pyridine rings is 2. The third-order valence-corrected chi connectivity index (χ3v) is 8.85. The van der Waals surface area contributed by atoms with Gasteiger partial charge in [-0.3, -0.25) is 9.97 Å². The average Bonchev–Trinajstić information content (AvgIpc) is 3.63. The summed E-state index contributed by atoms with van der Waals surface area (Å²) in [6.07, 6.45) is 7.71. The quantitative estimate of drug-likeness (QED) is 0.150. The Morgan fingerprint density at radius 1 is 0.565 bits per heavy atom. The summed E-state index contributed by atoms with van der Waals surface area (Å²) < 4.78 is 0. The first kappa shape index (κ1) is 42.4. The molecule has 0 spiro atoms. The Morgan fingerprint density at radius 2 is 0.891 bits per heavy atom. The van der Waals surface area contributed by atoms with Crippen LogP contribution in [0.25, 0.3) is 0 Å². The largest absolute Gasteiger partial charge is 0.393 e. The summed E-state index contributed by atoms with van der Waals surface area (Å²) >= 11 is 3.74. The summed E-state index contributed by atoms with van der Waals surface area (Å²) in [7, 11) is 0. The van der Waals surface area contributed by atoms with E-state index in [0.29, 0.717) is 23.3 Å². The fraction of sp³-hybridized carbons (Fsp3) is 0.333. The second kappa shape index (κ2) is 22.8. The molecule has 4 N–H and O–H groups in total. The molecule has 0 fully saturated rings. The number of aliphatic hydroxyl groups excluding tert-OH is 4. The number of hydrogen-bond donors (Lipinski definition) is 4. The monoisotopic (exact) mass is 1020 g/mol. The fourth-order valence-corrected chi connectivity index (χ4v) is 6.84. The van der Waals surface area contributed by atoms with E-state index in [1.807, 2.05) is 60.2 Å². The molecule has 0 amide bonds. The summed E-state index contributed by atoms with van der Waals surface area (Å²) in [5.74, 6) is 0. The minimum Gasteiger partial charge on any atom is -0.393 e. The van der Waals surface area contributed by atoms with Gasteiger partial charge in [0.2, 0.25) is 0 Å². The van der Waals surface area contributed by atoms with Crippen molar-refractivity contribution in [1.29, 1.82) is 0 Å². The van der Waals surface area contributed by atoms with E-state index in [4.69, 9.17) is 20.4 Å². The predicted molar refractivity (Wildman–Crippen MR) is 181 cm³/mol. The Morgan fingerprint density at radius 3 is 1.15 bits per heavy atom. The van der Waals surface area contributed by atoms with Crippen molar-refractivity contribution >= 4 is 23.5 Å². The van der Waals surface area contributed by atoms with Gasteiger partial charge in [0.05, 0.1) is 24.4 Å². The molecule has 10 heteroatoms. The van der Waals surface area contributed by atoms with E-state index >= 15 is 0 Å². The number of aromatic nitrogens is 2. The molecule has 255 valence electrons. The fourth-order valence-electron chi connectivity index (χ4n) is 4.49. The minimum atomic E-state index is -0.375. The van der Waals surface area contributed by atoms with E-state index in [0.717, 1.165) is 11.4 Å². The van der Waals surface area contributed by atoms with E-state index in [9.17, 15) is 0 Å². The van der Waals surface area contributed by atoms with Gasteiger partial charge in [-0.25, -0.2) is 0 Å². The molecular weight excluding hydrogens is 976 g/mol. The summed E-state index contributed by atoms with van der Waals surface area (Å²) in [6, 6.07) is 29.1. The van der Waals surface area contributed by atoms with Gasteiger partial charge in [-0.1, -0.05) is 34.1 Å². The van der Waals surface area contributed by atoms with Crippen LogP contribution in [-0.4, -0.2) is 54.8 Å². The smallest absolute Gasteiger partial charge is 0.0536 e. The van der Waals surface area contributed by atoms with Gasteiger partial charge in [0.1, 0.15) is 0 Å². The van der Waals surface area contributed by atoms with Gasteiger partial charge in [-0.15, -0.1) is 24.3 Å². The number of benzene rings is 2. The van der Waals surface area contributed by atoms with Crippen LogP contribution in [0.3, 0.4) is 0 Å². The molecule has 0 bridgehead atoms. The molecule has 1 radical (unpaired) electrons. The standard InChI is InChI=1S/2C13H10NS.2C5H12O2.Ir.Pt/c2*1-2-7-12-10(5-1)9-13(15-12)11-6-3-4-8-14-11;2*1-4(6)3-5(2)7;;/h2*1-9,13H;2*4-7H,3H2,1-2H3;;/q2*-1;;;;. The predicted octanol–water partition coefficient (Wildman–Crippen LogP) is 7.23. The maximum absolute atomic E-state index is 8.56. The molecule has 6 unspecified atom stereocenters. The van der Waals surface area contributed by atoms with Crippen molar-refractivity contribution < 1.29 is 61.6 Å². The van der Waals surface area contributed by atoms with Gasteiger partial charge < -0.3 is 20.4 Å². The zero-order chi connectivity index (χ0) is 31.9. The van der Waals surface area contributed by atoms with Crippen molar-refractivity contribution in [2.24, 2.45) is 0 Å². The van der Waals surface area contributed by atoms with Crippen molar-refractivity contribution in [2.75, 3.05) is 0 Å². The van der Waals surface area contributed by atoms with Crippen molar-refractivity contribution in [1.82, 2.24) is 9.97 Å². The van der Waals surface area contributed by atoms with Gasteiger partial charge >= 0.3 is 0 Å². The third kappa shape index (κ3) is 15.5. The number of aliphatic hydroxyl groups is 4. The first-order chi connectivity index (χ1) is 21.1. The molecule has 2 aromatic carbocycles. The zero-order valence-electron chi connectivity index (χ0n) is 26.4. The molecule has 0 aliphatic carbocycles. The molecular formula is C36H44IrN2O4PtS2-2. The van der Waals surface area contributed by atoms with Gasteiger partial charge in [-0.2, -0.15) is 59.6 Å². The topological polar surface area (TPSA) is 107 Å². The first-order valence-corrected chi connectivity index (χ1v) is 16.6. The van der Waals surface area contributed by atoms with Crippen LogP contribution in [0.5, 0.6) is 0 Å². The van der Waals surface area contributed by atoms with Crippen LogP contribution in [0.1, 0.15) is 73.6 Å². The average molecular weight is 1020 g/mol. The zero-order valence-corrected chi connectivity index (χ0v) is 32.7. The van der Waals surface area contributed by atoms with Crippen LogP contribution < -0.4 is 0 Å². The van der Waals surface area contributed by atoms with Crippen LogP contribution in [0.2, 0.25) is 0 Å². The van der Waals surface area contributed by atoms with E-state index < -0.39 is 0 Å². The third-order valence-electron chi connectivity index (χ3n) is 6.33. The van der Waals surface area contributed by atoms with Crippen LogP contribution in [0, 0.1) is 12.8 Å². The van der Waals surface area contributed by atoms with E-state index in [2.05, 4.69) is 83.5 Å². The van der Waals surface area contributed by atoms with Crippen molar-refractivity contribution in [2.45, 2.75) is 85.2 Å². The first-order valence-electron chi connectivity index (χ1n) is 14.9. The summed E-state index contributed by atoms with van der Waals surface area (Å²) in [5.41, 5.74) is 4.94. The summed E-state index contributed by atoms with van der Waals surface area (Å²) in [4.78, 5) is 11.5. The van der Waals surface area contributed by atoms with Crippen molar-refractivity contribution in [3.63, 3.8) is 0 Å². The molecule has 6 rings (SSSR count). The molecule has 2 aromatic heterocycles. The van der Waals surface area contributed by atoms with Gasteiger partial charge in [0.15, 0.2) is 0 Å². The molecule has 0 saturated carbocycles. The summed E-state index contributed by atoms with van der Waals surface area (Å²) in [6.45, 7) is 6.64. The molecule has 2 aliphatic rings. The Balaban J connectivity index is 0.000000323. The number of thioether (sulfide) groups is 2. The van der Waals surface area contributed by atoms with E-state index in [-0.39, 0.29) is 65.6 Å². The number of nitrogens with zero attached hydrogens (tertiary/aromatic N) is 2. The number of rotatable bonds is 6. The van der Waals surface area contributed by atoms with Crippen LogP contribution in [0.15, 0.2) is 107 Å². The maximum atomic E-state index is 8.56. The van der Waals surface area contributed by atoms with Crippen LogP contribution in [0.4, 0.5) is 0 Å². The Bertz CT molecular complexity index is 1200. The Labute approximate surface area is 310 Å². The van der Waals surface area contributed by atoms with Gasteiger partial charge in [0, 0.05) is 75.5 Å². The van der Waals surface area contributed by atoms with Crippen molar-refractivity contribution in [3.05, 3.63) is 133 Å². The van der Waals surface area contributed by atoms with Crippen LogP contribution in [-0.2, 0) is 41.2 Å². The molecule has 0 saturated heterocycles. The van der Waals surface area contributed by atoms with Gasteiger partial charge in [0.25, 0.3) is 0 Å². The normalized spacial score (nSPS) is 17.7. The summed E-state index contributed by atoms with van der Waals surface area (Å²) in [5, 5.41) is 35.0.